The molecule has 0 spiro atoms. The van der Waals surface area contributed by atoms with Gasteiger partial charge in [-0.05, 0) is 51.0 Å². The van der Waals surface area contributed by atoms with Gasteiger partial charge in [0.05, 0.1) is 32.2 Å². The molecular weight excluding hydrogens is 392 g/mol. The van der Waals surface area contributed by atoms with E-state index in [1.165, 1.54) is 12.5 Å². The number of aromatic nitrogens is 2. The molecule has 31 heavy (non-hydrogen) atoms. The van der Waals surface area contributed by atoms with E-state index in [9.17, 15) is 4.79 Å². The summed E-state index contributed by atoms with van der Waals surface area (Å²) in [5.41, 5.74) is 3.02. The normalized spacial score (nSPS) is 11.4. The van der Waals surface area contributed by atoms with E-state index >= 15 is 0 Å². The van der Waals surface area contributed by atoms with Crippen LogP contribution >= 0.6 is 0 Å². The first kappa shape index (κ1) is 22.6. The van der Waals surface area contributed by atoms with E-state index in [-0.39, 0.29) is 12.4 Å². The molecule has 1 heterocycles. The van der Waals surface area contributed by atoms with E-state index in [1.807, 2.05) is 47.1 Å². The number of aryl methyl sites for hydroxylation is 2. The smallest absolute Gasteiger partial charge is 0.161 e. The average molecular weight is 423 g/mol. The molecule has 0 unspecified atom stereocenters. The van der Waals surface area contributed by atoms with Crippen LogP contribution < -0.4 is 9.47 Å². The minimum atomic E-state index is -0.854. The van der Waals surface area contributed by atoms with Crippen LogP contribution in [0.15, 0.2) is 54.6 Å². The molecule has 0 amide bonds. The highest BCUT2D eigenvalue weighted by Crippen LogP contribution is 2.31. The van der Waals surface area contributed by atoms with Gasteiger partial charge in [0.15, 0.2) is 5.78 Å². The molecule has 1 aromatic heterocycles. The Bertz CT molecular complexity index is 1000. The van der Waals surface area contributed by atoms with Crippen molar-refractivity contribution in [1.29, 1.82) is 0 Å². The fraction of sp³-hybridized carbons (Fsp3) is 0.360. The maximum Gasteiger partial charge on any atom is 0.161 e. The van der Waals surface area contributed by atoms with Gasteiger partial charge in [0.1, 0.15) is 17.1 Å². The number of carbonyl (C=O) groups excluding carboxylic acids is 1. The third-order valence-electron chi connectivity index (χ3n) is 5.36. The Balaban J connectivity index is 1.93. The van der Waals surface area contributed by atoms with Crippen LogP contribution in [0.2, 0.25) is 0 Å². The van der Waals surface area contributed by atoms with Crippen LogP contribution in [0.1, 0.15) is 32.0 Å². The van der Waals surface area contributed by atoms with Gasteiger partial charge in [0.25, 0.3) is 0 Å². The number of hydrogen-bond donors (Lipinski definition) is 0. The van der Waals surface area contributed by atoms with E-state index in [1.54, 1.807) is 28.1 Å². The molecular formula is C25H30N2O4. The van der Waals surface area contributed by atoms with E-state index in [0.29, 0.717) is 18.0 Å². The van der Waals surface area contributed by atoms with Gasteiger partial charge in [-0.2, -0.15) is 5.10 Å². The van der Waals surface area contributed by atoms with Crippen molar-refractivity contribution in [2.45, 2.75) is 45.9 Å². The molecule has 3 aromatic rings. The van der Waals surface area contributed by atoms with E-state index in [2.05, 4.69) is 12.1 Å². The molecule has 0 fully saturated rings. The van der Waals surface area contributed by atoms with Gasteiger partial charge >= 0.3 is 0 Å². The van der Waals surface area contributed by atoms with Crippen molar-refractivity contribution in [1.82, 2.24) is 9.78 Å². The topological polar surface area (TPSA) is 62.6 Å². The third kappa shape index (κ3) is 5.73. The van der Waals surface area contributed by atoms with E-state index in [0.717, 1.165) is 23.4 Å². The molecule has 3 rings (SSSR count). The molecule has 0 atom stereocenters. The second-order valence-electron chi connectivity index (χ2n) is 7.94. The summed E-state index contributed by atoms with van der Waals surface area (Å²) >= 11 is 0. The highest BCUT2D eigenvalue weighted by molar-refractivity contribution is 5.83. The van der Waals surface area contributed by atoms with Crippen LogP contribution in [0.3, 0.4) is 0 Å². The van der Waals surface area contributed by atoms with Crippen molar-refractivity contribution in [2.75, 3.05) is 14.2 Å². The number of methoxy groups -OCH3 is 2. The number of Topliss-reactive ketones (excluding diaryl/α,β-unsaturated/α-hetero) is 1. The second-order valence-corrected chi connectivity index (χ2v) is 7.94. The molecule has 0 bridgehead atoms. The molecule has 0 radical (unpaired) electrons. The first-order chi connectivity index (χ1) is 14.8. The number of ketones is 1. The number of hydrogen-bond acceptors (Lipinski definition) is 5. The van der Waals surface area contributed by atoms with E-state index in [4.69, 9.17) is 19.3 Å². The summed E-state index contributed by atoms with van der Waals surface area (Å²) in [6.45, 7) is 6.03. The lowest BCUT2D eigenvalue weighted by atomic mass is 10.1. The minimum Gasteiger partial charge on any atom is -0.497 e. The molecule has 6 nitrogen and oxygen atoms in total. The van der Waals surface area contributed by atoms with Crippen LogP contribution in [0.4, 0.5) is 0 Å². The molecule has 0 saturated heterocycles. The summed E-state index contributed by atoms with van der Waals surface area (Å²) in [6.07, 6.45) is 0.843. The van der Waals surface area contributed by atoms with Crippen LogP contribution in [0.25, 0.3) is 11.3 Å². The first-order valence-electron chi connectivity index (χ1n) is 10.3. The minimum absolute atomic E-state index is 0.0197. The molecule has 164 valence electrons. The van der Waals surface area contributed by atoms with Gasteiger partial charge in [-0.25, -0.2) is 0 Å². The predicted octanol–water partition coefficient (Wildman–Crippen LogP) is 4.69. The Morgan fingerprint density at radius 3 is 2.23 bits per heavy atom. The maximum absolute atomic E-state index is 11.8. The predicted molar refractivity (Wildman–Crippen MR) is 120 cm³/mol. The van der Waals surface area contributed by atoms with Gasteiger partial charge < -0.3 is 14.2 Å². The highest BCUT2D eigenvalue weighted by atomic mass is 16.5. The van der Waals surface area contributed by atoms with Crippen molar-refractivity contribution in [3.05, 3.63) is 65.9 Å². The summed E-state index contributed by atoms with van der Waals surface area (Å²) in [6, 6.07) is 18.1. The summed E-state index contributed by atoms with van der Waals surface area (Å²) in [5.74, 6) is 1.40. The number of nitrogens with zero attached hydrogens (tertiary/aromatic N) is 2. The second kappa shape index (κ2) is 9.79. The monoisotopic (exact) mass is 422 g/mol. The van der Waals surface area contributed by atoms with Crippen molar-refractivity contribution < 1.29 is 19.0 Å². The molecule has 0 saturated carbocycles. The Morgan fingerprint density at radius 2 is 1.65 bits per heavy atom. The number of rotatable bonds is 10. The first-order valence-corrected chi connectivity index (χ1v) is 10.3. The molecule has 0 aliphatic carbocycles. The van der Waals surface area contributed by atoms with Crippen LogP contribution in [-0.4, -0.2) is 35.4 Å². The number of ether oxygens (including phenoxy) is 3. The van der Waals surface area contributed by atoms with E-state index < -0.39 is 5.60 Å². The zero-order valence-electron chi connectivity index (χ0n) is 18.8. The summed E-state index contributed by atoms with van der Waals surface area (Å²) < 4.78 is 18.7. The summed E-state index contributed by atoms with van der Waals surface area (Å²) in [5, 5.41) is 4.77. The Hall–Kier alpha value is -3.12. The zero-order valence-corrected chi connectivity index (χ0v) is 18.8. The fourth-order valence-corrected chi connectivity index (χ4v) is 3.13. The molecule has 0 aliphatic rings. The van der Waals surface area contributed by atoms with Gasteiger partial charge in [-0.15, -0.1) is 0 Å². The summed E-state index contributed by atoms with van der Waals surface area (Å²) in [4.78, 5) is 11.8. The average Bonchev–Trinajstić information content (AvgIpc) is 3.20. The largest absolute Gasteiger partial charge is 0.497 e. The van der Waals surface area contributed by atoms with Crippen molar-refractivity contribution in [3.8, 4) is 22.8 Å². The Labute approximate surface area is 183 Å². The number of benzene rings is 2. The lowest BCUT2D eigenvalue weighted by molar-refractivity contribution is -0.139. The molecule has 6 heteroatoms. The lowest BCUT2D eigenvalue weighted by Gasteiger charge is -2.21. The number of carbonyl (C=O) groups is 1. The van der Waals surface area contributed by atoms with Gasteiger partial charge in [0.2, 0.25) is 0 Å². The quantitative estimate of drug-likeness (QED) is 0.474. The fourth-order valence-electron chi connectivity index (χ4n) is 3.13. The third-order valence-corrected chi connectivity index (χ3v) is 5.36. The Morgan fingerprint density at radius 1 is 1.00 bits per heavy atom. The standard InChI is InChI=1S/C25H30N2O4/c1-18(28)25(2,3)31-17-21-15-24(20-13-22(29-4)16-23(14-20)30-5)27(26-21)12-11-19-9-7-6-8-10-19/h6-10,13-16H,11-12,17H2,1-5H3. The van der Waals surface area contributed by atoms with Crippen molar-refractivity contribution >= 4 is 5.78 Å². The van der Waals surface area contributed by atoms with Crippen LogP contribution in [0.5, 0.6) is 11.5 Å². The van der Waals surface area contributed by atoms with Crippen molar-refractivity contribution in [2.24, 2.45) is 0 Å². The lowest BCUT2D eigenvalue weighted by Crippen LogP contribution is -2.32. The molecule has 2 aromatic carbocycles. The van der Waals surface area contributed by atoms with Crippen molar-refractivity contribution in [3.63, 3.8) is 0 Å². The Kier molecular flexibility index (Phi) is 7.13. The zero-order chi connectivity index (χ0) is 22.4. The summed E-state index contributed by atoms with van der Waals surface area (Å²) in [7, 11) is 3.27. The van der Waals surface area contributed by atoms with Crippen LogP contribution in [-0.2, 0) is 29.1 Å². The van der Waals surface area contributed by atoms with Gasteiger partial charge in [-0.3, -0.25) is 9.48 Å². The molecule has 0 aliphatic heterocycles. The molecule has 0 N–H and O–H groups in total. The van der Waals surface area contributed by atoms with Gasteiger partial charge in [0, 0.05) is 18.2 Å². The maximum atomic E-state index is 11.8. The SMILES string of the molecule is COc1cc(OC)cc(-c2cc(COC(C)(C)C(C)=O)nn2CCc2ccccc2)c1. The highest BCUT2D eigenvalue weighted by Gasteiger charge is 2.25. The van der Waals surface area contributed by atoms with Crippen LogP contribution in [0, 0.1) is 0 Å². The van der Waals surface area contributed by atoms with Gasteiger partial charge in [-0.1, -0.05) is 30.3 Å².